The van der Waals surface area contributed by atoms with Gasteiger partial charge in [-0.1, -0.05) is 55.5 Å². The fourth-order valence-electron chi connectivity index (χ4n) is 7.16. The summed E-state index contributed by atoms with van der Waals surface area (Å²) in [7, 11) is 0. The van der Waals surface area contributed by atoms with Gasteiger partial charge < -0.3 is 25.4 Å². The molecule has 2 bridgehead atoms. The standard InChI is InChI=1S/C31H33N3O5/c1-18-16-31-25(24(30(18,3)39-31)27(36)32-22-11-5-4-6-12-22)29(38)34(19(2)17-35)26(31)28(37)33-23-14-13-20-9-7-8-10-21(20)15-23/h4-15,18-19,24-26,35H,16-17H2,1-3H3,(H,32,36)(H,33,37)/t18?,19-,24-,25+,26?,30+,31?/m1/s1. The van der Waals surface area contributed by atoms with Crippen LogP contribution in [0.4, 0.5) is 11.4 Å². The maximum Gasteiger partial charge on any atom is 0.250 e. The molecule has 7 atom stereocenters. The van der Waals surface area contributed by atoms with Gasteiger partial charge in [-0.05, 0) is 61.2 Å². The molecule has 3 N–H and O–H groups in total. The van der Waals surface area contributed by atoms with Gasteiger partial charge in [0.05, 0.1) is 30.1 Å². The molecule has 0 aromatic heterocycles. The van der Waals surface area contributed by atoms with Crippen molar-refractivity contribution in [3.8, 4) is 0 Å². The monoisotopic (exact) mass is 527 g/mol. The molecule has 1 spiro atoms. The van der Waals surface area contributed by atoms with Crippen LogP contribution in [0.1, 0.15) is 27.2 Å². The lowest BCUT2D eigenvalue weighted by Crippen LogP contribution is -2.56. The Hall–Kier alpha value is -3.75. The molecule has 8 nitrogen and oxygen atoms in total. The summed E-state index contributed by atoms with van der Waals surface area (Å²) in [6, 6.07) is 21.0. The first-order chi connectivity index (χ1) is 18.7. The number of benzene rings is 3. The number of anilines is 2. The van der Waals surface area contributed by atoms with Gasteiger partial charge in [0.2, 0.25) is 17.7 Å². The third-order valence-electron chi connectivity index (χ3n) is 9.08. The minimum atomic E-state index is -1.19. The Morgan fingerprint density at radius 2 is 1.67 bits per heavy atom. The van der Waals surface area contributed by atoms with Crippen LogP contribution < -0.4 is 10.6 Å². The number of rotatable bonds is 6. The number of ether oxygens (including phenoxy) is 1. The number of hydrogen-bond acceptors (Lipinski definition) is 5. The molecule has 3 aromatic rings. The molecule has 6 rings (SSSR count). The second-order valence-corrected chi connectivity index (χ2v) is 11.4. The third kappa shape index (κ3) is 3.77. The maximum atomic E-state index is 14.1. The molecule has 0 aliphatic carbocycles. The smallest absolute Gasteiger partial charge is 0.250 e. The highest BCUT2D eigenvalue weighted by Crippen LogP contribution is 2.65. The first-order valence-electron chi connectivity index (χ1n) is 13.5. The van der Waals surface area contributed by atoms with Crippen molar-refractivity contribution in [2.24, 2.45) is 17.8 Å². The molecule has 3 fully saturated rings. The largest absolute Gasteiger partial charge is 0.394 e. The number of para-hydroxylation sites is 1. The summed E-state index contributed by atoms with van der Waals surface area (Å²) in [5.74, 6) is -2.73. The molecule has 0 radical (unpaired) electrons. The normalized spacial score (nSPS) is 31.8. The molecule has 0 saturated carbocycles. The van der Waals surface area contributed by atoms with Crippen LogP contribution in [-0.2, 0) is 19.1 Å². The molecule has 202 valence electrons. The van der Waals surface area contributed by atoms with Gasteiger partial charge in [-0.25, -0.2) is 0 Å². The Labute approximate surface area is 227 Å². The molecule has 3 unspecified atom stereocenters. The Balaban J connectivity index is 1.38. The summed E-state index contributed by atoms with van der Waals surface area (Å²) in [5.41, 5.74) is -0.872. The SMILES string of the molecule is CC1CC23O[C@]1(C)[C@@H](C(=O)Nc1ccccc1)[C@H]2C(=O)N([C@H](C)CO)C3C(=O)Nc1ccc2ccccc2c1. The number of amides is 3. The summed E-state index contributed by atoms with van der Waals surface area (Å²) in [4.78, 5) is 43.4. The molecule has 3 heterocycles. The van der Waals surface area contributed by atoms with E-state index < -0.39 is 35.1 Å². The van der Waals surface area contributed by atoms with Crippen LogP contribution in [0.3, 0.4) is 0 Å². The Morgan fingerprint density at radius 1 is 1.00 bits per heavy atom. The minimum absolute atomic E-state index is 0.0755. The molecule has 3 aliphatic heterocycles. The van der Waals surface area contributed by atoms with E-state index in [9.17, 15) is 19.5 Å². The minimum Gasteiger partial charge on any atom is -0.394 e. The van der Waals surface area contributed by atoms with Crippen LogP contribution in [-0.4, -0.2) is 57.6 Å². The number of nitrogens with zero attached hydrogens (tertiary/aromatic N) is 1. The number of fused-ring (bicyclic) bond motifs is 2. The molecule has 3 amide bonds. The van der Waals surface area contributed by atoms with Crippen molar-refractivity contribution in [1.29, 1.82) is 0 Å². The van der Waals surface area contributed by atoms with Crippen molar-refractivity contribution in [2.75, 3.05) is 17.2 Å². The van der Waals surface area contributed by atoms with Crippen molar-refractivity contribution in [2.45, 2.75) is 50.5 Å². The van der Waals surface area contributed by atoms with Crippen molar-refractivity contribution < 1.29 is 24.2 Å². The Kier molecular flexibility index (Phi) is 6.00. The first-order valence-corrected chi connectivity index (χ1v) is 13.5. The van der Waals surface area contributed by atoms with Crippen LogP contribution in [0, 0.1) is 17.8 Å². The average molecular weight is 528 g/mol. The van der Waals surface area contributed by atoms with E-state index in [-0.39, 0.29) is 30.2 Å². The van der Waals surface area contributed by atoms with Crippen molar-refractivity contribution in [1.82, 2.24) is 4.90 Å². The van der Waals surface area contributed by atoms with Gasteiger partial charge in [0, 0.05) is 11.4 Å². The Bertz CT molecular complexity index is 1460. The summed E-state index contributed by atoms with van der Waals surface area (Å²) >= 11 is 0. The van der Waals surface area contributed by atoms with E-state index in [1.165, 1.54) is 4.90 Å². The Morgan fingerprint density at radius 3 is 2.38 bits per heavy atom. The number of aliphatic hydroxyl groups is 1. The van der Waals surface area contributed by atoms with Gasteiger partial charge in [0.15, 0.2) is 0 Å². The first kappa shape index (κ1) is 25.5. The number of hydrogen-bond donors (Lipinski definition) is 3. The number of nitrogens with one attached hydrogen (secondary N) is 2. The van der Waals surface area contributed by atoms with Gasteiger partial charge in [-0.2, -0.15) is 0 Å². The third-order valence-corrected chi connectivity index (χ3v) is 9.08. The van der Waals surface area contributed by atoms with Crippen LogP contribution >= 0.6 is 0 Å². The zero-order chi connectivity index (χ0) is 27.5. The van der Waals surface area contributed by atoms with Crippen LogP contribution in [0.25, 0.3) is 10.8 Å². The average Bonchev–Trinajstić information content (AvgIpc) is 3.45. The van der Waals surface area contributed by atoms with E-state index in [1.807, 2.05) is 74.5 Å². The van der Waals surface area contributed by atoms with Crippen LogP contribution in [0.15, 0.2) is 72.8 Å². The summed E-state index contributed by atoms with van der Waals surface area (Å²) in [5, 5.41) is 18.1. The summed E-state index contributed by atoms with van der Waals surface area (Å²) in [6.07, 6.45) is 0.458. The van der Waals surface area contributed by atoms with Crippen LogP contribution in [0.2, 0.25) is 0 Å². The number of likely N-dealkylation sites (tertiary alicyclic amines) is 1. The molecule has 3 saturated heterocycles. The van der Waals surface area contributed by atoms with E-state index in [0.29, 0.717) is 17.8 Å². The van der Waals surface area contributed by atoms with Gasteiger partial charge in [-0.15, -0.1) is 0 Å². The lowest BCUT2D eigenvalue weighted by Gasteiger charge is -2.36. The zero-order valence-corrected chi connectivity index (χ0v) is 22.3. The quantitative estimate of drug-likeness (QED) is 0.452. The maximum absolute atomic E-state index is 14.1. The predicted octanol–water partition coefficient (Wildman–Crippen LogP) is 3.81. The number of carbonyl (C=O) groups is 3. The van der Waals surface area contributed by atoms with E-state index in [0.717, 1.165) is 10.8 Å². The highest BCUT2D eigenvalue weighted by Gasteiger charge is 2.80. The molecule has 3 aromatic carbocycles. The molecule has 3 aliphatic rings. The highest BCUT2D eigenvalue weighted by atomic mass is 16.5. The second kappa shape index (κ2) is 9.17. The van der Waals surface area contributed by atoms with Gasteiger partial charge in [-0.3, -0.25) is 14.4 Å². The van der Waals surface area contributed by atoms with E-state index in [1.54, 1.807) is 19.1 Å². The van der Waals surface area contributed by atoms with E-state index in [2.05, 4.69) is 10.6 Å². The molecule has 39 heavy (non-hydrogen) atoms. The number of aliphatic hydroxyl groups excluding tert-OH is 1. The summed E-state index contributed by atoms with van der Waals surface area (Å²) < 4.78 is 6.73. The topological polar surface area (TPSA) is 108 Å². The zero-order valence-electron chi connectivity index (χ0n) is 22.3. The lowest BCUT2D eigenvalue weighted by molar-refractivity contribution is -0.147. The van der Waals surface area contributed by atoms with Crippen molar-refractivity contribution >= 4 is 39.9 Å². The summed E-state index contributed by atoms with van der Waals surface area (Å²) in [6.45, 7) is 5.28. The van der Waals surface area contributed by atoms with Crippen LogP contribution in [0.5, 0.6) is 0 Å². The molecular weight excluding hydrogens is 494 g/mol. The highest BCUT2D eigenvalue weighted by molar-refractivity contribution is 6.06. The molecular formula is C31H33N3O5. The van der Waals surface area contributed by atoms with Crippen molar-refractivity contribution in [3.63, 3.8) is 0 Å². The number of carbonyl (C=O) groups excluding carboxylic acids is 3. The fourth-order valence-corrected chi connectivity index (χ4v) is 7.16. The molecule has 8 heteroatoms. The second-order valence-electron chi connectivity index (χ2n) is 11.4. The van der Waals surface area contributed by atoms with Gasteiger partial charge >= 0.3 is 0 Å². The van der Waals surface area contributed by atoms with Gasteiger partial charge in [0.25, 0.3) is 0 Å². The lowest BCUT2D eigenvalue weighted by atomic mass is 9.62. The van der Waals surface area contributed by atoms with Crippen molar-refractivity contribution in [3.05, 3.63) is 72.8 Å². The van der Waals surface area contributed by atoms with E-state index in [4.69, 9.17) is 4.74 Å². The fraction of sp³-hybridized carbons (Fsp3) is 0.387. The van der Waals surface area contributed by atoms with E-state index >= 15 is 0 Å². The van der Waals surface area contributed by atoms with Gasteiger partial charge in [0.1, 0.15) is 11.6 Å². The predicted molar refractivity (Wildman–Crippen MR) is 148 cm³/mol.